The summed E-state index contributed by atoms with van der Waals surface area (Å²) >= 11 is 9.28. The molecule has 0 aliphatic carbocycles. The number of halogens is 2. The first-order chi connectivity index (χ1) is 7.31. The third-order valence-electron chi connectivity index (χ3n) is 2.67. The van der Waals surface area contributed by atoms with Gasteiger partial charge in [0.15, 0.2) is 0 Å². The molecule has 0 N–H and O–H groups in total. The van der Waals surface area contributed by atoms with Crippen molar-refractivity contribution >= 4 is 33.5 Å². The maximum Gasteiger partial charge on any atom is 0.225 e. The van der Waals surface area contributed by atoms with Crippen LogP contribution < -0.4 is 4.90 Å². The number of anilines is 1. The largest absolute Gasteiger partial charge is 0.337 e. The predicted molar refractivity (Wildman–Crippen MR) is 65.4 cm³/mol. The van der Waals surface area contributed by atoms with Crippen molar-refractivity contribution in [3.05, 3.63) is 16.9 Å². The fourth-order valence-electron chi connectivity index (χ4n) is 1.88. The van der Waals surface area contributed by atoms with Crippen molar-refractivity contribution in [3.63, 3.8) is 0 Å². The Balaban J connectivity index is 2.16. The molecular weight excluding hydrogens is 277 g/mol. The summed E-state index contributed by atoms with van der Waals surface area (Å²) in [5.74, 6) is 1.45. The normalized spacial score (nSPS) is 21.7. The standard InChI is InChI=1S/C10H13BrClN3/c11-8-6-13-10(14-7-8)15-4-2-1-3-9(15)5-12/h6-7,9H,1-5H2. The van der Waals surface area contributed by atoms with Crippen LogP contribution in [-0.2, 0) is 0 Å². The number of hydrogen-bond acceptors (Lipinski definition) is 3. The highest BCUT2D eigenvalue weighted by Gasteiger charge is 2.23. The Bertz CT molecular complexity index is 317. The molecule has 82 valence electrons. The molecule has 1 fully saturated rings. The fourth-order valence-corrected chi connectivity index (χ4v) is 2.40. The lowest BCUT2D eigenvalue weighted by atomic mass is 10.0. The van der Waals surface area contributed by atoms with E-state index in [0.717, 1.165) is 23.4 Å². The number of alkyl halides is 1. The molecule has 0 aromatic carbocycles. The molecule has 1 aromatic heterocycles. The minimum Gasteiger partial charge on any atom is -0.337 e. The second kappa shape index (κ2) is 5.12. The zero-order valence-corrected chi connectivity index (χ0v) is 10.7. The Morgan fingerprint density at radius 2 is 2.13 bits per heavy atom. The third kappa shape index (κ3) is 2.61. The van der Waals surface area contributed by atoms with Gasteiger partial charge >= 0.3 is 0 Å². The van der Waals surface area contributed by atoms with E-state index >= 15 is 0 Å². The zero-order chi connectivity index (χ0) is 10.7. The summed E-state index contributed by atoms with van der Waals surface area (Å²) in [4.78, 5) is 10.8. The summed E-state index contributed by atoms with van der Waals surface area (Å²) in [5.41, 5.74) is 0. The second-order valence-corrected chi connectivity index (χ2v) is 4.92. The summed E-state index contributed by atoms with van der Waals surface area (Å²) in [5, 5.41) is 0. The van der Waals surface area contributed by atoms with E-state index in [1.165, 1.54) is 12.8 Å². The number of piperidine rings is 1. The lowest BCUT2D eigenvalue weighted by Gasteiger charge is -2.34. The van der Waals surface area contributed by atoms with Crippen molar-refractivity contribution < 1.29 is 0 Å². The average Bonchev–Trinajstić information content (AvgIpc) is 2.30. The van der Waals surface area contributed by atoms with Gasteiger partial charge in [-0.3, -0.25) is 0 Å². The Morgan fingerprint density at radius 3 is 2.80 bits per heavy atom. The van der Waals surface area contributed by atoms with E-state index in [9.17, 15) is 0 Å². The predicted octanol–water partition coefficient (Wildman–Crippen LogP) is 2.84. The van der Waals surface area contributed by atoms with Crippen LogP contribution in [0.2, 0.25) is 0 Å². The monoisotopic (exact) mass is 289 g/mol. The molecule has 0 bridgehead atoms. The van der Waals surface area contributed by atoms with Crippen molar-refractivity contribution in [2.75, 3.05) is 17.3 Å². The molecule has 0 spiro atoms. The van der Waals surface area contributed by atoms with Crippen molar-refractivity contribution in [1.82, 2.24) is 9.97 Å². The number of rotatable bonds is 2. The quantitative estimate of drug-likeness (QED) is 0.784. The first kappa shape index (κ1) is 11.1. The molecule has 0 saturated carbocycles. The molecule has 3 nitrogen and oxygen atoms in total. The maximum atomic E-state index is 5.95. The SMILES string of the molecule is ClCC1CCCCN1c1ncc(Br)cn1. The summed E-state index contributed by atoms with van der Waals surface area (Å²) < 4.78 is 0.908. The Morgan fingerprint density at radius 1 is 1.40 bits per heavy atom. The molecule has 1 aromatic rings. The van der Waals surface area contributed by atoms with Crippen LogP contribution in [0.15, 0.2) is 16.9 Å². The third-order valence-corrected chi connectivity index (χ3v) is 3.43. The molecule has 0 amide bonds. The van der Waals surface area contributed by atoms with Crippen LogP contribution in [0.1, 0.15) is 19.3 Å². The van der Waals surface area contributed by atoms with Crippen molar-refractivity contribution in [2.45, 2.75) is 25.3 Å². The first-order valence-corrected chi connectivity index (χ1v) is 6.44. The van der Waals surface area contributed by atoms with Gasteiger partial charge in [-0.05, 0) is 35.2 Å². The molecule has 5 heteroatoms. The van der Waals surface area contributed by atoms with E-state index in [-0.39, 0.29) is 0 Å². The number of aromatic nitrogens is 2. The van der Waals surface area contributed by atoms with Crippen LogP contribution in [-0.4, -0.2) is 28.4 Å². The van der Waals surface area contributed by atoms with Crippen molar-refractivity contribution in [2.24, 2.45) is 0 Å². The van der Waals surface area contributed by atoms with Gasteiger partial charge in [-0.25, -0.2) is 9.97 Å². The number of hydrogen-bond donors (Lipinski definition) is 0. The van der Waals surface area contributed by atoms with Crippen LogP contribution in [0.5, 0.6) is 0 Å². The van der Waals surface area contributed by atoms with Crippen molar-refractivity contribution in [1.29, 1.82) is 0 Å². The van der Waals surface area contributed by atoms with Gasteiger partial charge in [0.2, 0.25) is 5.95 Å². The highest BCUT2D eigenvalue weighted by Crippen LogP contribution is 2.22. The topological polar surface area (TPSA) is 29.0 Å². The highest BCUT2D eigenvalue weighted by molar-refractivity contribution is 9.10. The smallest absolute Gasteiger partial charge is 0.225 e. The van der Waals surface area contributed by atoms with E-state index in [1.54, 1.807) is 12.4 Å². The van der Waals surface area contributed by atoms with E-state index in [1.807, 2.05) is 0 Å². The van der Waals surface area contributed by atoms with Crippen LogP contribution in [0.25, 0.3) is 0 Å². The molecule has 2 heterocycles. The maximum absolute atomic E-state index is 5.95. The lowest BCUT2D eigenvalue weighted by molar-refractivity contribution is 0.480. The minimum absolute atomic E-state index is 0.390. The summed E-state index contributed by atoms with van der Waals surface area (Å²) in [6.45, 7) is 1.01. The van der Waals surface area contributed by atoms with E-state index in [2.05, 4.69) is 30.8 Å². The van der Waals surface area contributed by atoms with Gasteiger partial charge in [0, 0.05) is 30.9 Å². The molecule has 1 atom stereocenters. The first-order valence-electron chi connectivity index (χ1n) is 5.11. The zero-order valence-electron chi connectivity index (χ0n) is 8.37. The number of nitrogens with zero attached hydrogens (tertiary/aromatic N) is 3. The molecule has 1 aliphatic rings. The lowest BCUT2D eigenvalue weighted by Crippen LogP contribution is -2.41. The van der Waals surface area contributed by atoms with E-state index in [0.29, 0.717) is 11.9 Å². The Hall–Kier alpha value is -0.350. The summed E-state index contributed by atoms with van der Waals surface area (Å²) in [6.07, 6.45) is 7.16. The molecule has 0 radical (unpaired) electrons. The molecular formula is C10H13BrClN3. The highest BCUT2D eigenvalue weighted by atomic mass is 79.9. The molecule has 2 rings (SSSR count). The van der Waals surface area contributed by atoms with Gasteiger partial charge in [-0.1, -0.05) is 0 Å². The van der Waals surface area contributed by atoms with Crippen LogP contribution in [0.4, 0.5) is 5.95 Å². The van der Waals surface area contributed by atoms with Gasteiger partial charge in [0.05, 0.1) is 4.47 Å². The van der Waals surface area contributed by atoms with Crippen LogP contribution in [0.3, 0.4) is 0 Å². The van der Waals surface area contributed by atoms with Gasteiger partial charge in [0.1, 0.15) is 0 Å². The summed E-state index contributed by atoms with van der Waals surface area (Å²) in [7, 11) is 0. The summed E-state index contributed by atoms with van der Waals surface area (Å²) in [6, 6.07) is 0.390. The Labute approximate surface area is 103 Å². The second-order valence-electron chi connectivity index (χ2n) is 3.70. The Kier molecular flexibility index (Phi) is 3.81. The van der Waals surface area contributed by atoms with Crippen LogP contribution >= 0.6 is 27.5 Å². The molecule has 1 unspecified atom stereocenters. The fraction of sp³-hybridized carbons (Fsp3) is 0.600. The minimum atomic E-state index is 0.390. The van der Waals surface area contributed by atoms with Gasteiger partial charge < -0.3 is 4.90 Å². The van der Waals surface area contributed by atoms with Gasteiger partial charge in [-0.2, -0.15) is 0 Å². The van der Waals surface area contributed by atoms with Crippen molar-refractivity contribution in [3.8, 4) is 0 Å². The van der Waals surface area contributed by atoms with E-state index in [4.69, 9.17) is 11.6 Å². The average molecular weight is 291 g/mol. The molecule has 1 aliphatic heterocycles. The van der Waals surface area contributed by atoms with Gasteiger partial charge in [0.25, 0.3) is 0 Å². The molecule has 1 saturated heterocycles. The van der Waals surface area contributed by atoms with Gasteiger partial charge in [-0.15, -0.1) is 11.6 Å². The van der Waals surface area contributed by atoms with E-state index < -0.39 is 0 Å². The molecule has 15 heavy (non-hydrogen) atoms. The van der Waals surface area contributed by atoms with Crippen LogP contribution in [0, 0.1) is 0 Å².